The molecule has 0 heterocycles. The van der Waals surface area contributed by atoms with Gasteiger partial charge in [0.1, 0.15) is 11.5 Å². The molecule has 0 bridgehead atoms. The van der Waals surface area contributed by atoms with E-state index in [4.69, 9.17) is 0 Å². The molecule has 2 aromatic rings. The van der Waals surface area contributed by atoms with Crippen LogP contribution in [0.15, 0.2) is 24.3 Å². The van der Waals surface area contributed by atoms with E-state index in [0.29, 0.717) is 21.2 Å². The van der Waals surface area contributed by atoms with Gasteiger partial charge in [-0.1, -0.05) is 25.3 Å². The maximum atomic E-state index is 9.62. The summed E-state index contributed by atoms with van der Waals surface area (Å²) in [7, 11) is 0. The van der Waals surface area contributed by atoms with Crippen LogP contribution >= 0.6 is 0 Å². The van der Waals surface area contributed by atoms with Crippen molar-refractivity contribution in [3.05, 3.63) is 34.7 Å². The second-order valence-corrected chi connectivity index (χ2v) is 3.24. The average Bonchev–Trinajstić information content (AvgIpc) is 2.16. The molecule has 0 fully saturated rings. The second-order valence-electron chi connectivity index (χ2n) is 3.24. The highest BCUT2D eigenvalue weighted by molar-refractivity contribution is 5.93. The number of hydrogen-bond acceptors (Lipinski definition) is 2. The SMILES string of the molecule is C=c1ccc(=C)c2c(O)ccc(O)c12. The summed E-state index contributed by atoms with van der Waals surface area (Å²) in [6, 6.07) is 6.44. The number of rotatable bonds is 0. The molecule has 2 rings (SSSR count). The molecule has 0 unspecified atom stereocenters. The highest BCUT2D eigenvalue weighted by Gasteiger charge is 2.05. The zero-order valence-corrected chi connectivity index (χ0v) is 7.62. The molecule has 14 heavy (non-hydrogen) atoms. The molecule has 0 aliphatic heterocycles. The van der Waals surface area contributed by atoms with Crippen LogP contribution in [0.2, 0.25) is 0 Å². The van der Waals surface area contributed by atoms with Crippen LogP contribution < -0.4 is 10.4 Å². The van der Waals surface area contributed by atoms with E-state index in [9.17, 15) is 10.2 Å². The van der Waals surface area contributed by atoms with E-state index >= 15 is 0 Å². The lowest BCUT2D eigenvalue weighted by atomic mass is 10.1. The van der Waals surface area contributed by atoms with Crippen LogP contribution in [0.4, 0.5) is 0 Å². The first kappa shape index (κ1) is 8.63. The Balaban J connectivity index is 3.22. The molecule has 2 nitrogen and oxygen atoms in total. The predicted molar refractivity (Wildman–Crippen MR) is 57.6 cm³/mol. The number of phenolic OH excluding ortho intramolecular Hbond substituents is 2. The van der Waals surface area contributed by atoms with E-state index in [1.807, 2.05) is 0 Å². The monoisotopic (exact) mass is 186 g/mol. The Morgan fingerprint density at radius 2 is 1.07 bits per heavy atom. The molecular weight excluding hydrogens is 176 g/mol. The first-order valence-electron chi connectivity index (χ1n) is 4.23. The molecule has 2 heteroatoms. The molecule has 2 N–H and O–H groups in total. The summed E-state index contributed by atoms with van der Waals surface area (Å²) in [6.45, 7) is 7.59. The molecule has 0 aliphatic rings. The van der Waals surface area contributed by atoms with E-state index in [-0.39, 0.29) is 11.5 Å². The van der Waals surface area contributed by atoms with E-state index in [1.165, 1.54) is 12.1 Å². The lowest BCUT2D eigenvalue weighted by molar-refractivity contribution is 0.469. The molecule has 0 aliphatic carbocycles. The lowest BCUT2D eigenvalue weighted by Crippen LogP contribution is -2.08. The van der Waals surface area contributed by atoms with Crippen LogP contribution in [0.3, 0.4) is 0 Å². The summed E-state index contributed by atoms with van der Waals surface area (Å²) in [4.78, 5) is 0. The van der Waals surface area contributed by atoms with Crippen molar-refractivity contribution in [3.8, 4) is 11.5 Å². The van der Waals surface area contributed by atoms with E-state index in [0.717, 1.165) is 0 Å². The Bertz CT molecular complexity index is 545. The van der Waals surface area contributed by atoms with Crippen molar-refractivity contribution in [1.82, 2.24) is 0 Å². The van der Waals surface area contributed by atoms with Crippen LogP contribution in [0.1, 0.15) is 0 Å². The van der Waals surface area contributed by atoms with Gasteiger partial charge in [0.25, 0.3) is 0 Å². The van der Waals surface area contributed by atoms with Crippen molar-refractivity contribution >= 4 is 23.9 Å². The summed E-state index contributed by atoms with van der Waals surface area (Å²) in [5.41, 5.74) is 0. The molecule has 0 atom stereocenters. The van der Waals surface area contributed by atoms with Gasteiger partial charge in [0.15, 0.2) is 0 Å². The van der Waals surface area contributed by atoms with Gasteiger partial charge in [-0.15, -0.1) is 0 Å². The zero-order valence-electron chi connectivity index (χ0n) is 7.62. The highest BCUT2D eigenvalue weighted by atomic mass is 16.3. The molecule has 0 radical (unpaired) electrons. The zero-order chi connectivity index (χ0) is 10.3. The first-order valence-corrected chi connectivity index (χ1v) is 4.23. The fourth-order valence-electron chi connectivity index (χ4n) is 1.60. The van der Waals surface area contributed by atoms with E-state index in [2.05, 4.69) is 13.2 Å². The van der Waals surface area contributed by atoms with Gasteiger partial charge in [-0.05, 0) is 22.6 Å². The van der Waals surface area contributed by atoms with Crippen LogP contribution in [-0.2, 0) is 0 Å². The Kier molecular flexibility index (Phi) is 1.71. The van der Waals surface area contributed by atoms with Crippen molar-refractivity contribution in [2.24, 2.45) is 0 Å². The van der Waals surface area contributed by atoms with Crippen LogP contribution in [0.5, 0.6) is 11.5 Å². The fourth-order valence-corrected chi connectivity index (χ4v) is 1.60. The second kappa shape index (κ2) is 2.77. The number of benzene rings is 2. The third kappa shape index (κ3) is 1.04. The standard InChI is InChI=1S/C12H10O2/c1-7-3-4-8(2)12-10(14)6-5-9(13)11(7)12/h3-6,13-14H,1-2H2. The maximum Gasteiger partial charge on any atom is 0.124 e. The maximum absolute atomic E-state index is 9.62. The van der Waals surface area contributed by atoms with Gasteiger partial charge in [0, 0.05) is 10.8 Å². The van der Waals surface area contributed by atoms with Crippen LogP contribution in [0, 0.1) is 0 Å². The molecule has 0 spiro atoms. The number of aromatic hydroxyl groups is 2. The van der Waals surface area contributed by atoms with Crippen molar-refractivity contribution in [3.63, 3.8) is 0 Å². The number of hydrogen-bond donors (Lipinski definition) is 2. The van der Waals surface area contributed by atoms with Gasteiger partial charge < -0.3 is 10.2 Å². The summed E-state index contributed by atoms with van der Waals surface area (Å²) in [6.07, 6.45) is 0. The van der Waals surface area contributed by atoms with Gasteiger partial charge in [-0.3, -0.25) is 0 Å². The summed E-state index contributed by atoms with van der Waals surface area (Å²) >= 11 is 0. The van der Waals surface area contributed by atoms with Crippen molar-refractivity contribution in [2.75, 3.05) is 0 Å². The van der Waals surface area contributed by atoms with E-state index in [1.54, 1.807) is 12.1 Å². The smallest absolute Gasteiger partial charge is 0.124 e. The van der Waals surface area contributed by atoms with Gasteiger partial charge in [-0.2, -0.15) is 0 Å². The molecule has 0 saturated carbocycles. The van der Waals surface area contributed by atoms with Crippen LogP contribution in [-0.4, -0.2) is 10.2 Å². The van der Waals surface area contributed by atoms with Gasteiger partial charge in [0.2, 0.25) is 0 Å². The molecule has 2 aromatic carbocycles. The number of phenols is 2. The van der Waals surface area contributed by atoms with E-state index < -0.39 is 0 Å². The molecule has 0 saturated heterocycles. The van der Waals surface area contributed by atoms with Gasteiger partial charge in [0.05, 0.1) is 0 Å². The molecular formula is C12H10O2. The minimum Gasteiger partial charge on any atom is -0.507 e. The topological polar surface area (TPSA) is 40.5 Å². The van der Waals surface area contributed by atoms with Gasteiger partial charge in [-0.25, -0.2) is 0 Å². The highest BCUT2D eigenvalue weighted by Crippen LogP contribution is 2.26. The predicted octanol–water partition coefficient (Wildman–Crippen LogP) is 1.07. The third-order valence-corrected chi connectivity index (χ3v) is 2.29. The third-order valence-electron chi connectivity index (χ3n) is 2.29. The minimum atomic E-state index is 0.119. The molecule has 0 aromatic heterocycles. The fraction of sp³-hybridized carbons (Fsp3) is 0. The average molecular weight is 186 g/mol. The van der Waals surface area contributed by atoms with Crippen molar-refractivity contribution < 1.29 is 10.2 Å². The largest absolute Gasteiger partial charge is 0.507 e. The molecule has 70 valence electrons. The van der Waals surface area contributed by atoms with Crippen molar-refractivity contribution in [2.45, 2.75) is 0 Å². The normalized spacial score (nSPS) is 10.6. The number of fused-ring (bicyclic) bond motifs is 1. The minimum absolute atomic E-state index is 0.119. The molecule has 0 amide bonds. The van der Waals surface area contributed by atoms with Crippen molar-refractivity contribution in [1.29, 1.82) is 0 Å². The van der Waals surface area contributed by atoms with Gasteiger partial charge >= 0.3 is 0 Å². The first-order chi connectivity index (χ1) is 6.61. The Labute approximate surface area is 81.1 Å². The summed E-state index contributed by atoms with van der Waals surface area (Å²) in [5.74, 6) is 0.238. The summed E-state index contributed by atoms with van der Waals surface area (Å²) < 4.78 is 0. The Morgan fingerprint density at radius 1 is 0.714 bits per heavy atom. The Hall–Kier alpha value is -1.96. The Morgan fingerprint density at radius 3 is 1.43 bits per heavy atom. The quantitative estimate of drug-likeness (QED) is 0.604. The lowest BCUT2D eigenvalue weighted by Gasteiger charge is -2.04. The van der Waals surface area contributed by atoms with Crippen LogP contribution in [0.25, 0.3) is 23.9 Å². The summed E-state index contributed by atoms with van der Waals surface area (Å²) in [5, 5.41) is 21.7.